The maximum Gasteiger partial charge on any atom is 2.00 e. The molecule has 0 amide bonds. The van der Waals surface area contributed by atoms with Crippen molar-refractivity contribution in [2.24, 2.45) is 5.73 Å². The molecule has 1 fully saturated rings. The fourth-order valence-corrected chi connectivity index (χ4v) is 5.75. The van der Waals surface area contributed by atoms with Gasteiger partial charge in [0, 0.05) is 42.0 Å². The van der Waals surface area contributed by atoms with Crippen LogP contribution >= 0.6 is 0 Å². The average molecular weight is 586 g/mol. The first-order valence-electron chi connectivity index (χ1n) is 12.4. The molecule has 4 unspecified atom stereocenters. The van der Waals surface area contributed by atoms with Gasteiger partial charge < -0.3 is 48.3 Å². The molecule has 1 heterocycles. The molecule has 0 saturated carbocycles. The summed E-state index contributed by atoms with van der Waals surface area (Å²) in [6.07, 6.45) is -5.12. The van der Waals surface area contributed by atoms with Crippen LogP contribution in [0.2, 0.25) is 0 Å². The number of phenolic OH excluding ortho intramolecular Hbond substituents is 2. The molecular weight excluding hydrogens is 554 g/mol. The fraction of sp³-hybridized carbons (Fsp3) is 0.444. The van der Waals surface area contributed by atoms with Crippen LogP contribution in [0.4, 0.5) is 0 Å². The average Bonchev–Trinajstić information content (AvgIpc) is 2.90. The number of aromatic hydroxyl groups is 2. The number of hydrogen-bond acceptors (Lipinski definition) is 12. The number of nitrogens with two attached hydrogens (primary N) is 1. The third-order valence-corrected chi connectivity index (χ3v) is 7.81. The molecule has 3 aliphatic rings. The SMILES string of the molecule is COc1cccc2c1C(=O)c1c(O)c3c(c(O)c1C2=O)C[C@@](O)(C(=O)CO)C[C@@H]3OC1CC(N)C(O)C(C)O1.[Ca+2].[H-].[H-]. The molecular formula is C27H31CaNO11. The number of ether oxygens (including phenoxy) is 3. The van der Waals surface area contributed by atoms with E-state index in [1.807, 2.05) is 0 Å². The summed E-state index contributed by atoms with van der Waals surface area (Å²) >= 11 is 0. The summed E-state index contributed by atoms with van der Waals surface area (Å²) in [5, 5.41) is 53.7. The van der Waals surface area contributed by atoms with Gasteiger partial charge in [0.05, 0.1) is 42.1 Å². The summed E-state index contributed by atoms with van der Waals surface area (Å²) in [7, 11) is 1.32. The summed E-state index contributed by atoms with van der Waals surface area (Å²) in [5.41, 5.74) is 2.37. The molecule has 2 aromatic carbocycles. The van der Waals surface area contributed by atoms with Crippen molar-refractivity contribution >= 4 is 55.1 Å². The van der Waals surface area contributed by atoms with Gasteiger partial charge in [0.15, 0.2) is 17.9 Å². The molecule has 12 nitrogen and oxygen atoms in total. The maximum atomic E-state index is 13.6. The van der Waals surface area contributed by atoms with Gasteiger partial charge in [-0.15, -0.1) is 0 Å². The molecule has 2 aliphatic carbocycles. The molecule has 0 spiro atoms. The number of fused-ring (bicyclic) bond motifs is 3. The molecule has 5 rings (SSSR count). The number of carbonyl (C=O) groups is 3. The van der Waals surface area contributed by atoms with Crippen LogP contribution in [0.15, 0.2) is 18.2 Å². The predicted octanol–water partition coefficient (Wildman–Crippen LogP) is -0.155. The number of Topliss-reactive ketones (excluding diaryl/α,β-unsaturated/α-hetero) is 1. The number of hydrogen-bond donors (Lipinski definition) is 6. The van der Waals surface area contributed by atoms with Crippen LogP contribution in [0.5, 0.6) is 17.2 Å². The van der Waals surface area contributed by atoms with Crippen molar-refractivity contribution in [1.29, 1.82) is 0 Å². The number of ketones is 3. The summed E-state index contributed by atoms with van der Waals surface area (Å²) in [6.45, 7) is 0.560. The largest absolute Gasteiger partial charge is 2.00 e. The first kappa shape index (κ1) is 30.8. The molecule has 212 valence electrons. The predicted molar refractivity (Wildman–Crippen MR) is 140 cm³/mol. The van der Waals surface area contributed by atoms with Crippen molar-refractivity contribution in [2.45, 2.75) is 62.4 Å². The number of benzene rings is 2. The van der Waals surface area contributed by atoms with Crippen molar-refractivity contribution in [3.8, 4) is 17.2 Å². The van der Waals surface area contributed by atoms with Gasteiger partial charge in [-0.25, -0.2) is 0 Å². The monoisotopic (exact) mass is 585 g/mol. The van der Waals surface area contributed by atoms with Gasteiger partial charge in [-0.2, -0.15) is 0 Å². The van der Waals surface area contributed by atoms with E-state index < -0.39 is 95.7 Å². The van der Waals surface area contributed by atoms with Crippen LogP contribution in [0.25, 0.3) is 0 Å². The summed E-state index contributed by atoms with van der Waals surface area (Å²) < 4.78 is 17.0. The second kappa shape index (κ2) is 11.3. The van der Waals surface area contributed by atoms with Crippen LogP contribution < -0.4 is 10.5 Å². The van der Waals surface area contributed by atoms with E-state index >= 15 is 0 Å². The van der Waals surface area contributed by atoms with Gasteiger partial charge in [0.1, 0.15) is 29.5 Å². The van der Waals surface area contributed by atoms with Crippen molar-refractivity contribution in [1.82, 2.24) is 0 Å². The third-order valence-electron chi connectivity index (χ3n) is 7.81. The Bertz CT molecular complexity index is 1390. The Kier molecular flexibility index (Phi) is 8.69. The number of aliphatic hydroxyl groups is 3. The van der Waals surface area contributed by atoms with Gasteiger partial charge >= 0.3 is 37.7 Å². The zero-order chi connectivity index (χ0) is 28.4. The number of methoxy groups -OCH3 is 1. The van der Waals surface area contributed by atoms with Gasteiger partial charge in [-0.3, -0.25) is 14.4 Å². The minimum absolute atomic E-state index is 0. The quantitative estimate of drug-likeness (QED) is 0.171. The fourth-order valence-electron chi connectivity index (χ4n) is 5.75. The third kappa shape index (κ3) is 4.75. The molecule has 0 bridgehead atoms. The Morgan fingerprint density at radius 1 is 1.18 bits per heavy atom. The number of aliphatic hydroxyl groups excluding tert-OH is 2. The van der Waals surface area contributed by atoms with E-state index in [1.165, 1.54) is 25.3 Å². The van der Waals surface area contributed by atoms with E-state index in [4.69, 9.17) is 19.9 Å². The summed E-state index contributed by atoms with van der Waals surface area (Å²) in [4.78, 5) is 39.7. The molecule has 7 N–H and O–H groups in total. The molecule has 1 aliphatic heterocycles. The van der Waals surface area contributed by atoms with Crippen molar-refractivity contribution in [3.05, 3.63) is 51.6 Å². The number of phenols is 2. The minimum atomic E-state index is -2.24. The smallest absolute Gasteiger partial charge is 1.00 e. The van der Waals surface area contributed by atoms with E-state index in [0.29, 0.717) is 0 Å². The van der Waals surface area contributed by atoms with Crippen molar-refractivity contribution < 1.29 is 57.0 Å². The zero-order valence-corrected chi connectivity index (χ0v) is 24.1. The Hall–Kier alpha value is -2.13. The maximum absolute atomic E-state index is 13.6. The van der Waals surface area contributed by atoms with E-state index in [-0.39, 0.29) is 75.0 Å². The van der Waals surface area contributed by atoms with Gasteiger partial charge in [-0.05, 0) is 13.0 Å². The van der Waals surface area contributed by atoms with E-state index in [2.05, 4.69) is 0 Å². The van der Waals surface area contributed by atoms with Crippen LogP contribution in [0.3, 0.4) is 0 Å². The second-order valence-corrected chi connectivity index (χ2v) is 10.2. The molecule has 0 aromatic heterocycles. The number of carbonyl (C=O) groups excluding carboxylic acids is 3. The van der Waals surface area contributed by atoms with Crippen molar-refractivity contribution in [2.75, 3.05) is 13.7 Å². The molecule has 40 heavy (non-hydrogen) atoms. The van der Waals surface area contributed by atoms with E-state index in [9.17, 15) is 39.9 Å². The Morgan fingerprint density at radius 3 is 2.48 bits per heavy atom. The number of rotatable bonds is 5. The van der Waals surface area contributed by atoms with Gasteiger partial charge in [-0.1, -0.05) is 12.1 Å². The minimum Gasteiger partial charge on any atom is -1.00 e. The van der Waals surface area contributed by atoms with Gasteiger partial charge in [0.25, 0.3) is 0 Å². The van der Waals surface area contributed by atoms with E-state index in [1.54, 1.807) is 6.92 Å². The molecule has 13 heteroatoms. The molecule has 0 radical (unpaired) electrons. The topological polar surface area (TPSA) is 206 Å². The Morgan fingerprint density at radius 2 is 1.85 bits per heavy atom. The standard InChI is InChI=1S/C27H29NO11.Ca.2H/c1-10-22(31)13(28)6-17(38-10)39-15-8-27(36,16(30)9-29)7-12-19(15)26(35)21-20(24(12)33)23(32)11-4-3-5-14(37-2)18(11)25(21)34;;;/h3-5,10,13,15,17,22,29,31,33,35-36H,6-9,28H2,1-2H3;;;/q;+2;2*-1/t10?,13?,15-,17?,22?,27-;;;/m0.../s1. The Balaban J connectivity index is 0.00000205. The van der Waals surface area contributed by atoms with Crippen LogP contribution in [0, 0.1) is 0 Å². The zero-order valence-electron chi connectivity index (χ0n) is 23.9. The molecule has 1 saturated heterocycles. The Labute approximate surface area is 261 Å². The van der Waals surface area contributed by atoms with Crippen LogP contribution in [-0.4, -0.2) is 124 Å². The van der Waals surface area contributed by atoms with Crippen LogP contribution in [-0.2, 0) is 20.7 Å². The second-order valence-electron chi connectivity index (χ2n) is 10.2. The molecule has 6 atom stereocenters. The summed E-state index contributed by atoms with van der Waals surface area (Å²) in [5.74, 6) is -3.77. The van der Waals surface area contributed by atoms with E-state index in [0.717, 1.165) is 0 Å². The molecule has 2 aromatic rings. The van der Waals surface area contributed by atoms with Crippen LogP contribution in [0.1, 0.15) is 71.7 Å². The summed E-state index contributed by atoms with van der Waals surface area (Å²) in [6, 6.07) is 3.64. The first-order chi connectivity index (χ1) is 18.4. The first-order valence-corrected chi connectivity index (χ1v) is 12.4. The van der Waals surface area contributed by atoms with Crippen molar-refractivity contribution in [3.63, 3.8) is 0 Å². The normalized spacial score (nSPS) is 29.1. The van der Waals surface area contributed by atoms with Gasteiger partial charge in [0.2, 0.25) is 5.78 Å².